The van der Waals surface area contributed by atoms with Crippen LogP contribution >= 0.6 is 24.0 Å². The van der Waals surface area contributed by atoms with Crippen LogP contribution in [0.4, 0.5) is 4.39 Å². The number of hydrogen-bond acceptors (Lipinski definition) is 3. The molecule has 0 aliphatic carbocycles. The monoisotopic (exact) mass is 461 g/mol. The summed E-state index contributed by atoms with van der Waals surface area (Å²) in [5.74, 6) is 1.56. The highest BCUT2D eigenvalue weighted by Crippen LogP contribution is 2.21. The molecule has 3 N–H and O–H groups in total. The Balaban J connectivity index is 0.00000312. The van der Waals surface area contributed by atoms with E-state index in [2.05, 4.69) is 15.6 Å². The number of nitrogens with zero attached hydrogens (tertiary/aromatic N) is 1. The van der Waals surface area contributed by atoms with Gasteiger partial charge in [0.2, 0.25) is 0 Å². The maximum atomic E-state index is 12.9. The van der Waals surface area contributed by atoms with E-state index in [0.29, 0.717) is 24.8 Å². The first-order chi connectivity index (χ1) is 11.4. The summed E-state index contributed by atoms with van der Waals surface area (Å²) in [5, 5.41) is 16.8. The fourth-order valence-corrected chi connectivity index (χ4v) is 2.17. The summed E-state index contributed by atoms with van der Waals surface area (Å²) in [4.78, 5) is 4.45. The van der Waals surface area contributed by atoms with Crippen molar-refractivity contribution in [2.45, 2.75) is 32.9 Å². The van der Waals surface area contributed by atoms with Crippen LogP contribution in [0.2, 0.25) is 0 Å². The van der Waals surface area contributed by atoms with Gasteiger partial charge in [-0.3, -0.25) is 0 Å². The van der Waals surface area contributed by atoms with Crippen LogP contribution in [-0.4, -0.2) is 24.2 Å². The summed E-state index contributed by atoms with van der Waals surface area (Å²) < 4.78 is 18.4. The molecule has 1 aromatic heterocycles. The van der Waals surface area contributed by atoms with E-state index in [-0.39, 0.29) is 36.3 Å². The van der Waals surface area contributed by atoms with Gasteiger partial charge in [0, 0.05) is 6.54 Å². The van der Waals surface area contributed by atoms with Crippen LogP contribution in [0.25, 0.3) is 0 Å². The molecule has 0 radical (unpaired) electrons. The molecule has 2 rings (SSSR count). The van der Waals surface area contributed by atoms with Gasteiger partial charge in [-0.15, -0.1) is 24.0 Å². The van der Waals surface area contributed by atoms with Crippen LogP contribution in [0.5, 0.6) is 0 Å². The minimum atomic E-state index is -1.15. The molecule has 0 fully saturated rings. The number of aryl methyl sites for hydroxylation is 1. The molecule has 0 saturated heterocycles. The van der Waals surface area contributed by atoms with Crippen LogP contribution in [0, 0.1) is 12.7 Å². The molecule has 1 unspecified atom stereocenters. The molecule has 5 nitrogen and oxygen atoms in total. The fourth-order valence-electron chi connectivity index (χ4n) is 2.17. The molecule has 2 aromatic rings. The first-order valence-corrected chi connectivity index (χ1v) is 7.96. The van der Waals surface area contributed by atoms with Crippen LogP contribution in [0.15, 0.2) is 45.8 Å². The molecule has 1 atom stereocenters. The number of furan rings is 1. The van der Waals surface area contributed by atoms with Crippen LogP contribution in [0.3, 0.4) is 0 Å². The molecule has 0 spiro atoms. The molecule has 0 saturated carbocycles. The molecule has 0 aliphatic rings. The number of halogens is 2. The van der Waals surface area contributed by atoms with Crippen molar-refractivity contribution in [1.29, 1.82) is 0 Å². The van der Waals surface area contributed by atoms with E-state index in [4.69, 9.17) is 4.42 Å². The molecule has 0 bridgehead atoms. The summed E-state index contributed by atoms with van der Waals surface area (Å²) in [6.45, 7) is 6.83. The number of hydrogen-bond donors (Lipinski definition) is 3. The summed E-state index contributed by atoms with van der Waals surface area (Å²) in [7, 11) is 0. The Labute approximate surface area is 164 Å². The average Bonchev–Trinajstić information content (AvgIpc) is 2.99. The van der Waals surface area contributed by atoms with Gasteiger partial charge in [0.1, 0.15) is 22.9 Å². The number of guanidine groups is 1. The Hall–Kier alpha value is -1.61. The first-order valence-electron chi connectivity index (χ1n) is 7.96. The highest BCUT2D eigenvalue weighted by Gasteiger charge is 2.27. The molecule has 25 heavy (non-hydrogen) atoms. The molecule has 1 aromatic carbocycles. The molecular weight excluding hydrogens is 436 g/mol. The summed E-state index contributed by atoms with van der Waals surface area (Å²) >= 11 is 0. The van der Waals surface area contributed by atoms with E-state index in [1.807, 2.05) is 19.9 Å². The lowest BCUT2D eigenvalue weighted by Crippen LogP contribution is -2.44. The fraction of sp³-hybridized carbons (Fsp3) is 0.389. The SMILES string of the molecule is CCNC(=NCc1ccc(F)cc1)NCC(C)(O)c1ccc(C)o1.I. The minimum absolute atomic E-state index is 0. The molecule has 0 aliphatic heterocycles. The van der Waals surface area contributed by atoms with Crippen molar-refractivity contribution >= 4 is 29.9 Å². The molecule has 7 heteroatoms. The Morgan fingerprint density at radius 1 is 1.20 bits per heavy atom. The van der Waals surface area contributed by atoms with Gasteiger partial charge in [-0.05, 0) is 50.6 Å². The molecule has 1 heterocycles. The normalized spacial score (nSPS) is 13.7. The number of rotatable bonds is 6. The Morgan fingerprint density at radius 3 is 2.44 bits per heavy atom. The number of benzene rings is 1. The second-order valence-electron chi connectivity index (χ2n) is 5.86. The van der Waals surface area contributed by atoms with Crippen LogP contribution in [0.1, 0.15) is 30.9 Å². The zero-order valence-electron chi connectivity index (χ0n) is 14.7. The van der Waals surface area contributed by atoms with Crippen molar-refractivity contribution in [3.8, 4) is 0 Å². The maximum absolute atomic E-state index is 12.9. The second kappa shape index (κ2) is 9.76. The van der Waals surface area contributed by atoms with Gasteiger partial charge in [0.25, 0.3) is 0 Å². The van der Waals surface area contributed by atoms with Gasteiger partial charge in [0.05, 0.1) is 13.1 Å². The molecule has 138 valence electrons. The van der Waals surface area contributed by atoms with Crippen molar-refractivity contribution in [1.82, 2.24) is 10.6 Å². The van der Waals surface area contributed by atoms with Crippen molar-refractivity contribution in [3.05, 3.63) is 59.3 Å². The Kier molecular flexibility index (Phi) is 8.37. The van der Waals surface area contributed by atoms with Gasteiger partial charge in [0.15, 0.2) is 5.96 Å². The standard InChI is InChI=1S/C18H24FN3O2.HI/c1-4-20-17(21-11-14-6-8-15(19)9-7-14)22-12-18(3,23)16-10-5-13(2)24-16;/h5-10,23H,4,11-12H2,1-3H3,(H2,20,21,22);1H. The van der Waals surface area contributed by atoms with Gasteiger partial charge < -0.3 is 20.2 Å². The van der Waals surface area contributed by atoms with Crippen molar-refractivity contribution in [2.75, 3.05) is 13.1 Å². The summed E-state index contributed by atoms with van der Waals surface area (Å²) in [6.07, 6.45) is 0. The topological polar surface area (TPSA) is 69.8 Å². The minimum Gasteiger partial charge on any atom is -0.463 e. The largest absolute Gasteiger partial charge is 0.463 e. The lowest BCUT2D eigenvalue weighted by Gasteiger charge is -2.22. The Bertz CT molecular complexity index is 684. The predicted octanol–water partition coefficient (Wildman–Crippen LogP) is 3.31. The van der Waals surface area contributed by atoms with Gasteiger partial charge >= 0.3 is 0 Å². The third-order valence-electron chi connectivity index (χ3n) is 3.55. The number of aliphatic hydroxyl groups is 1. The Morgan fingerprint density at radius 2 is 1.88 bits per heavy atom. The lowest BCUT2D eigenvalue weighted by molar-refractivity contribution is 0.0378. The smallest absolute Gasteiger partial charge is 0.191 e. The number of aliphatic imine (C=N–C) groups is 1. The van der Waals surface area contributed by atoms with Crippen LogP contribution in [-0.2, 0) is 12.1 Å². The molecular formula is C18H25FIN3O2. The quantitative estimate of drug-likeness (QED) is 0.351. The van der Waals surface area contributed by atoms with E-state index in [9.17, 15) is 9.50 Å². The van der Waals surface area contributed by atoms with Crippen molar-refractivity contribution in [3.63, 3.8) is 0 Å². The highest BCUT2D eigenvalue weighted by atomic mass is 127. The van der Waals surface area contributed by atoms with E-state index in [1.54, 1.807) is 25.1 Å². The summed E-state index contributed by atoms with van der Waals surface area (Å²) in [6, 6.07) is 9.80. The van der Waals surface area contributed by atoms with Crippen LogP contribution < -0.4 is 10.6 Å². The first kappa shape index (κ1) is 21.4. The third-order valence-corrected chi connectivity index (χ3v) is 3.55. The lowest BCUT2D eigenvalue weighted by atomic mass is 10.0. The third kappa shape index (κ3) is 6.66. The zero-order valence-corrected chi connectivity index (χ0v) is 17.0. The van der Waals surface area contributed by atoms with Crippen molar-refractivity contribution < 1.29 is 13.9 Å². The van der Waals surface area contributed by atoms with E-state index in [0.717, 1.165) is 11.3 Å². The molecule has 0 amide bonds. The maximum Gasteiger partial charge on any atom is 0.191 e. The van der Waals surface area contributed by atoms with E-state index in [1.165, 1.54) is 12.1 Å². The highest BCUT2D eigenvalue weighted by molar-refractivity contribution is 14.0. The van der Waals surface area contributed by atoms with E-state index < -0.39 is 5.60 Å². The number of nitrogens with one attached hydrogen (secondary N) is 2. The zero-order chi connectivity index (χ0) is 17.6. The second-order valence-corrected chi connectivity index (χ2v) is 5.86. The van der Waals surface area contributed by atoms with Gasteiger partial charge in [-0.1, -0.05) is 12.1 Å². The van der Waals surface area contributed by atoms with Gasteiger partial charge in [-0.2, -0.15) is 0 Å². The van der Waals surface area contributed by atoms with Crippen molar-refractivity contribution in [2.24, 2.45) is 4.99 Å². The predicted molar refractivity (Wildman–Crippen MR) is 108 cm³/mol. The van der Waals surface area contributed by atoms with Gasteiger partial charge in [-0.25, -0.2) is 9.38 Å². The average molecular weight is 461 g/mol. The van der Waals surface area contributed by atoms with E-state index >= 15 is 0 Å². The summed E-state index contributed by atoms with van der Waals surface area (Å²) in [5.41, 5.74) is -0.248.